The van der Waals surface area contributed by atoms with E-state index in [4.69, 9.17) is 0 Å². The van der Waals surface area contributed by atoms with Gasteiger partial charge in [-0.15, -0.1) is 0 Å². The molecule has 1 aromatic heterocycles. The Kier molecular flexibility index (Phi) is 4.36. The third-order valence-corrected chi connectivity index (χ3v) is 4.20. The number of likely N-dealkylation sites (tertiary alicyclic amines) is 1. The second-order valence-electron chi connectivity index (χ2n) is 5.84. The van der Waals surface area contributed by atoms with Crippen molar-refractivity contribution in [3.05, 3.63) is 53.1 Å². The Labute approximate surface area is 125 Å². The van der Waals surface area contributed by atoms with Crippen LogP contribution < -0.4 is 0 Å². The quantitative estimate of drug-likeness (QED) is 0.908. The third-order valence-electron chi connectivity index (χ3n) is 4.20. The summed E-state index contributed by atoms with van der Waals surface area (Å²) in [6, 6.07) is 9.66. The van der Waals surface area contributed by atoms with E-state index in [0.717, 1.165) is 36.6 Å². The van der Waals surface area contributed by atoms with Crippen molar-refractivity contribution in [1.82, 2.24) is 14.9 Å². The first-order valence-corrected chi connectivity index (χ1v) is 7.75. The number of hydrogen-bond donors (Lipinski definition) is 2. The molecule has 1 atom stereocenters. The minimum Gasteiger partial charge on any atom is -0.380 e. The maximum absolute atomic E-state index is 10.4. The van der Waals surface area contributed by atoms with Gasteiger partial charge in [0.1, 0.15) is 11.9 Å². The Morgan fingerprint density at radius 3 is 2.62 bits per heavy atom. The van der Waals surface area contributed by atoms with Crippen molar-refractivity contribution >= 4 is 0 Å². The highest BCUT2D eigenvalue weighted by atomic mass is 16.3. The van der Waals surface area contributed by atoms with Crippen LogP contribution in [0, 0.1) is 6.92 Å². The minimum atomic E-state index is -0.681. The lowest BCUT2D eigenvalue weighted by Crippen LogP contribution is -2.29. The highest BCUT2D eigenvalue weighted by Crippen LogP contribution is 2.21. The number of aromatic nitrogens is 2. The molecule has 1 aliphatic heterocycles. The lowest BCUT2D eigenvalue weighted by atomic mass is 10.1. The van der Waals surface area contributed by atoms with Crippen molar-refractivity contribution in [2.45, 2.75) is 38.8 Å². The zero-order valence-corrected chi connectivity index (χ0v) is 12.5. The molecular weight excluding hydrogens is 262 g/mol. The summed E-state index contributed by atoms with van der Waals surface area (Å²) in [7, 11) is 0. The van der Waals surface area contributed by atoms with Gasteiger partial charge in [-0.05, 0) is 38.4 Å². The number of rotatable bonds is 4. The van der Waals surface area contributed by atoms with Gasteiger partial charge >= 0.3 is 0 Å². The van der Waals surface area contributed by atoms with Crippen molar-refractivity contribution in [3.8, 4) is 0 Å². The number of imidazole rings is 1. The first kappa shape index (κ1) is 14.3. The van der Waals surface area contributed by atoms with Crippen LogP contribution in [0.5, 0.6) is 0 Å². The fourth-order valence-corrected chi connectivity index (χ4v) is 2.93. The molecule has 1 fully saturated rings. The van der Waals surface area contributed by atoms with Crippen LogP contribution in [-0.4, -0.2) is 33.1 Å². The SMILES string of the molecule is Cc1[nH]c(C(O)c2ccccc2)nc1CN1CCCCC1. The number of aromatic amines is 1. The number of nitrogens with one attached hydrogen (secondary N) is 1. The topological polar surface area (TPSA) is 52.1 Å². The van der Waals surface area contributed by atoms with Crippen LogP contribution in [0.2, 0.25) is 0 Å². The first-order valence-electron chi connectivity index (χ1n) is 7.75. The van der Waals surface area contributed by atoms with Gasteiger partial charge < -0.3 is 10.1 Å². The van der Waals surface area contributed by atoms with Gasteiger partial charge in [-0.3, -0.25) is 4.90 Å². The Morgan fingerprint density at radius 1 is 1.19 bits per heavy atom. The molecule has 0 amide bonds. The maximum atomic E-state index is 10.4. The fraction of sp³-hybridized carbons (Fsp3) is 0.471. The summed E-state index contributed by atoms with van der Waals surface area (Å²) < 4.78 is 0. The number of aliphatic hydroxyl groups is 1. The summed E-state index contributed by atoms with van der Waals surface area (Å²) in [6.07, 6.45) is 3.22. The number of H-pyrrole nitrogens is 1. The second-order valence-corrected chi connectivity index (χ2v) is 5.84. The summed E-state index contributed by atoms with van der Waals surface area (Å²) in [5.41, 5.74) is 2.99. The number of aryl methyl sites for hydroxylation is 1. The van der Waals surface area contributed by atoms with E-state index in [-0.39, 0.29) is 0 Å². The largest absolute Gasteiger partial charge is 0.380 e. The predicted octanol–water partition coefficient (Wildman–Crippen LogP) is 2.79. The summed E-state index contributed by atoms with van der Waals surface area (Å²) >= 11 is 0. The summed E-state index contributed by atoms with van der Waals surface area (Å²) in [5, 5.41) is 10.4. The Hall–Kier alpha value is -1.65. The van der Waals surface area contributed by atoms with Gasteiger partial charge in [0.25, 0.3) is 0 Å². The Balaban J connectivity index is 1.74. The fourth-order valence-electron chi connectivity index (χ4n) is 2.93. The molecule has 112 valence electrons. The predicted molar refractivity (Wildman–Crippen MR) is 83.0 cm³/mol. The smallest absolute Gasteiger partial charge is 0.140 e. The van der Waals surface area contributed by atoms with E-state index in [1.807, 2.05) is 37.3 Å². The average molecular weight is 285 g/mol. The molecule has 0 bridgehead atoms. The zero-order chi connectivity index (χ0) is 14.7. The van der Waals surface area contributed by atoms with Gasteiger partial charge in [0.2, 0.25) is 0 Å². The molecular formula is C17H23N3O. The molecule has 2 aromatic rings. The molecule has 4 nitrogen and oxygen atoms in total. The third kappa shape index (κ3) is 3.34. The van der Waals surface area contributed by atoms with Gasteiger partial charge in [-0.25, -0.2) is 4.98 Å². The molecule has 0 radical (unpaired) electrons. The van der Waals surface area contributed by atoms with E-state index in [1.54, 1.807) is 0 Å². The van der Waals surface area contributed by atoms with Crippen molar-refractivity contribution < 1.29 is 5.11 Å². The number of benzene rings is 1. The number of hydrogen-bond acceptors (Lipinski definition) is 3. The molecule has 1 aromatic carbocycles. The summed E-state index contributed by atoms with van der Waals surface area (Å²) in [6.45, 7) is 5.23. The van der Waals surface area contributed by atoms with Crippen molar-refractivity contribution in [3.63, 3.8) is 0 Å². The van der Waals surface area contributed by atoms with E-state index in [9.17, 15) is 5.11 Å². The molecule has 4 heteroatoms. The van der Waals surface area contributed by atoms with Crippen LogP contribution in [0.15, 0.2) is 30.3 Å². The van der Waals surface area contributed by atoms with Crippen LogP contribution >= 0.6 is 0 Å². The number of piperidine rings is 1. The molecule has 2 heterocycles. The van der Waals surface area contributed by atoms with Gasteiger partial charge in [0.05, 0.1) is 5.69 Å². The van der Waals surface area contributed by atoms with Crippen molar-refractivity contribution in [2.24, 2.45) is 0 Å². The minimum absolute atomic E-state index is 0.644. The standard InChI is InChI=1S/C17H23N3O/c1-13-15(12-20-10-6-3-7-11-20)19-17(18-13)16(21)14-8-4-2-5-9-14/h2,4-5,8-9,16,21H,3,6-7,10-12H2,1H3,(H,18,19). The van der Waals surface area contributed by atoms with Crippen LogP contribution in [0.3, 0.4) is 0 Å². The van der Waals surface area contributed by atoms with Crippen LogP contribution in [0.1, 0.15) is 48.1 Å². The number of nitrogens with zero attached hydrogens (tertiary/aromatic N) is 2. The summed E-state index contributed by atoms with van der Waals surface area (Å²) in [4.78, 5) is 10.3. The molecule has 0 spiro atoms. The van der Waals surface area contributed by atoms with E-state index < -0.39 is 6.10 Å². The van der Waals surface area contributed by atoms with Crippen molar-refractivity contribution in [1.29, 1.82) is 0 Å². The van der Waals surface area contributed by atoms with Gasteiger partial charge in [-0.2, -0.15) is 0 Å². The Bertz CT molecular complexity index is 573. The van der Waals surface area contributed by atoms with Crippen LogP contribution in [0.4, 0.5) is 0 Å². The number of aliphatic hydroxyl groups excluding tert-OH is 1. The molecule has 21 heavy (non-hydrogen) atoms. The highest BCUT2D eigenvalue weighted by molar-refractivity contribution is 5.25. The van der Waals surface area contributed by atoms with Gasteiger partial charge in [-0.1, -0.05) is 36.8 Å². The van der Waals surface area contributed by atoms with E-state index in [2.05, 4.69) is 14.9 Å². The molecule has 3 rings (SSSR count). The molecule has 1 unspecified atom stereocenters. The van der Waals surface area contributed by atoms with Crippen molar-refractivity contribution in [2.75, 3.05) is 13.1 Å². The molecule has 1 saturated heterocycles. The van der Waals surface area contributed by atoms with E-state index in [1.165, 1.54) is 19.3 Å². The van der Waals surface area contributed by atoms with Crippen LogP contribution in [-0.2, 0) is 6.54 Å². The second kappa shape index (κ2) is 6.41. The molecule has 1 aliphatic rings. The zero-order valence-electron chi connectivity index (χ0n) is 12.5. The lowest BCUT2D eigenvalue weighted by Gasteiger charge is -2.25. The average Bonchev–Trinajstić information content (AvgIpc) is 2.89. The van der Waals surface area contributed by atoms with E-state index >= 15 is 0 Å². The van der Waals surface area contributed by atoms with Gasteiger partial charge in [0, 0.05) is 12.2 Å². The van der Waals surface area contributed by atoms with Gasteiger partial charge in [0.15, 0.2) is 0 Å². The Morgan fingerprint density at radius 2 is 1.90 bits per heavy atom. The normalized spacial score (nSPS) is 17.8. The maximum Gasteiger partial charge on any atom is 0.140 e. The van der Waals surface area contributed by atoms with Crippen LogP contribution in [0.25, 0.3) is 0 Å². The van der Waals surface area contributed by atoms with E-state index in [0.29, 0.717) is 5.82 Å². The monoisotopic (exact) mass is 285 g/mol. The molecule has 0 aliphatic carbocycles. The highest BCUT2D eigenvalue weighted by Gasteiger charge is 2.18. The lowest BCUT2D eigenvalue weighted by molar-refractivity contribution is 0.208. The molecule has 2 N–H and O–H groups in total. The molecule has 0 saturated carbocycles. The first-order chi connectivity index (χ1) is 10.2. The summed E-state index contributed by atoms with van der Waals surface area (Å²) in [5.74, 6) is 0.644.